The van der Waals surface area contributed by atoms with E-state index in [-0.39, 0.29) is 50.9 Å². The lowest BCUT2D eigenvalue weighted by Gasteiger charge is -2.36. The van der Waals surface area contributed by atoms with Gasteiger partial charge in [-0.25, -0.2) is 14.4 Å². The van der Waals surface area contributed by atoms with Gasteiger partial charge in [-0.2, -0.15) is 0 Å². The van der Waals surface area contributed by atoms with Crippen LogP contribution < -0.4 is 5.32 Å². The number of nitrogens with one attached hydrogen (secondary N) is 1. The summed E-state index contributed by atoms with van der Waals surface area (Å²) >= 11 is 0. The van der Waals surface area contributed by atoms with E-state index in [0.29, 0.717) is 12.8 Å². The Bertz CT molecular complexity index is 845. The predicted molar refractivity (Wildman–Crippen MR) is 124 cm³/mol. The normalized spacial score (nSPS) is 19.9. The minimum absolute atomic E-state index is 0.0257. The fourth-order valence-corrected chi connectivity index (χ4v) is 3.66. The molecule has 1 heterocycles. The third-order valence-corrected chi connectivity index (χ3v) is 5.61. The van der Waals surface area contributed by atoms with Gasteiger partial charge in [-0.15, -0.1) is 0 Å². The third kappa shape index (κ3) is 7.25. The maximum absolute atomic E-state index is 13.0. The number of ether oxygens (including phenoxy) is 5. The SMILES string of the molecule is CCOC(=O)C(CCC[C@H]1CO[C@@](C)(C(=O)OCC)OC1)(NC(=O)c1ccccc1)C(=O)OCC. The van der Waals surface area contributed by atoms with Gasteiger partial charge in [0.25, 0.3) is 11.7 Å². The molecule has 1 N–H and O–H groups in total. The maximum Gasteiger partial charge on any atom is 0.366 e. The first kappa shape index (κ1) is 28.3. The lowest BCUT2D eigenvalue weighted by molar-refractivity contribution is -0.274. The molecule has 1 aliphatic rings. The molecule has 10 nitrogen and oxygen atoms in total. The van der Waals surface area contributed by atoms with E-state index in [1.165, 1.54) is 6.92 Å². The lowest BCUT2D eigenvalue weighted by Crippen LogP contribution is -2.61. The molecule has 1 fully saturated rings. The molecule has 1 amide bonds. The van der Waals surface area contributed by atoms with E-state index in [9.17, 15) is 19.2 Å². The Labute approximate surface area is 205 Å². The van der Waals surface area contributed by atoms with Gasteiger partial charge in [-0.3, -0.25) is 4.79 Å². The number of hydrogen-bond acceptors (Lipinski definition) is 9. The molecule has 1 aliphatic heterocycles. The van der Waals surface area contributed by atoms with Crippen LogP contribution in [0.15, 0.2) is 30.3 Å². The number of rotatable bonds is 12. The highest BCUT2D eigenvalue weighted by Gasteiger charge is 2.50. The van der Waals surface area contributed by atoms with Crippen LogP contribution in [0.25, 0.3) is 0 Å². The van der Waals surface area contributed by atoms with Gasteiger partial charge in [0.05, 0.1) is 33.0 Å². The molecule has 0 unspecified atom stereocenters. The zero-order chi connectivity index (χ0) is 25.9. The van der Waals surface area contributed by atoms with E-state index in [4.69, 9.17) is 23.7 Å². The van der Waals surface area contributed by atoms with Crippen LogP contribution in [-0.2, 0) is 38.1 Å². The van der Waals surface area contributed by atoms with Crippen LogP contribution in [0.5, 0.6) is 0 Å². The van der Waals surface area contributed by atoms with Crippen LogP contribution in [0.2, 0.25) is 0 Å². The number of carbonyl (C=O) groups is 4. The van der Waals surface area contributed by atoms with Crippen molar-refractivity contribution < 1.29 is 42.9 Å². The molecule has 0 aromatic heterocycles. The summed E-state index contributed by atoms with van der Waals surface area (Å²) in [4.78, 5) is 51.0. The molecule has 1 saturated heterocycles. The van der Waals surface area contributed by atoms with Crippen molar-refractivity contribution in [1.29, 1.82) is 0 Å². The topological polar surface area (TPSA) is 126 Å². The first-order valence-corrected chi connectivity index (χ1v) is 11.9. The average Bonchev–Trinajstić information content (AvgIpc) is 2.85. The largest absolute Gasteiger partial charge is 0.464 e. The first-order valence-electron chi connectivity index (χ1n) is 11.9. The van der Waals surface area contributed by atoms with E-state index >= 15 is 0 Å². The van der Waals surface area contributed by atoms with Gasteiger partial charge < -0.3 is 29.0 Å². The van der Waals surface area contributed by atoms with Gasteiger partial charge in [0, 0.05) is 18.4 Å². The van der Waals surface area contributed by atoms with Gasteiger partial charge in [-0.1, -0.05) is 18.2 Å². The summed E-state index contributed by atoms with van der Waals surface area (Å²) in [7, 11) is 0. The number of hydrogen-bond donors (Lipinski definition) is 1. The predicted octanol–water partition coefficient (Wildman–Crippen LogP) is 2.39. The Morgan fingerprint density at radius 1 is 0.943 bits per heavy atom. The van der Waals surface area contributed by atoms with E-state index in [1.54, 1.807) is 51.1 Å². The third-order valence-electron chi connectivity index (χ3n) is 5.61. The minimum atomic E-state index is -2.01. The summed E-state index contributed by atoms with van der Waals surface area (Å²) in [6.07, 6.45) is 0.801. The monoisotopic (exact) mass is 493 g/mol. The number of amides is 1. The summed E-state index contributed by atoms with van der Waals surface area (Å²) in [6, 6.07) is 8.26. The molecule has 1 aromatic rings. The molecular weight excluding hydrogens is 458 g/mol. The van der Waals surface area contributed by atoms with E-state index < -0.39 is 35.1 Å². The van der Waals surface area contributed by atoms with Crippen molar-refractivity contribution in [2.75, 3.05) is 33.0 Å². The fraction of sp³-hybridized carbons (Fsp3) is 0.600. The molecule has 0 saturated carbocycles. The summed E-state index contributed by atoms with van der Waals surface area (Å²) < 4.78 is 26.6. The highest BCUT2D eigenvalue weighted by molar-refractivity contribution is 6.10. The van der Waals surface area contributed by atoms with Gasteiger partial charge in [0.1, 0.15) is 0 Å². The number of esters is 3. The zero-order valence-corrected chi connectivity index (χ0v) is 20.8. The van der Waals surface area contributed by atoms with Gasteiger partial charge in [0.2, 0.25) is 5.54 Å². The molecule has 194 valence electrons. The molecular formula is C25H35NO9. The van der Waals surface area contributed by atoms with E-state index in [1.807, 2.05) is 0 Å². The van der Waals surface area contributed by atoms with Crippen molar-refractivity contribution in [2.24, 2.45) is 5.92 Å². The van der Waals surface area contributed by atoms with E-state index in [0.717, 1.165) is 0 Å². The molecule has 10 heteroatoms. The molecule has 35 heavy (non-hydrogen) atoms. The van der Waals surface area contributed by atoms with Crippen molar-refractivity contribution in [3.05, 3.63) is 35.9 Å². The second kappa shape index (κ2) is 13.2. The van der Waals surface area contributed by atoms with Crippen LogP contribution in [0.3, 0.4) is 0 Å². The van der Waals surface area contributed by atoms with Gasteiger partial charge in [0.15, 0.2) is 0 Å². The van der Waals surface area contributed by atoms with Crippen molar-refractivity contribution in [3.8, 4) is 0 Å². The summed E-state index contributed by atoms with van der Waals surface area (Å²) in [5.74, 6) is -4.51. The molecule has 2 rings (SSSR count). The molecule has 0 aliphatic carbocycles. The van der Waals surface area contributed by atoms with Crippen molar-refractivity contribution >= 4 is 23.8 Å². The second-order valence-electron chi connectivity index (χ2n) is 8.21. The smallest absolute Gasteiger partial charge is 0.366 e. The summed E-state index contributed by atoms with van der Waals surface area (Å²) in [6.45, 7) is 7.16. The Morgan fingerprint density at radius 3 is 2.00 bits per heavy atom. The highest BCUT2D eigenvalue weighted by atomic mass is 16.7. The van der Waals surface area contributed by atoms with Crippen molar-refractivity contribution in [3.63, 3.8) is 0 Å². The summed E-state index contributed by atoms with van der Waals surface area (Å²) in [5.41, 5.74) is -1.72. The maximum atomic E-state index is 13.0. The Kier molecular flexibility index (Phi) is 10.7. The Morgan fingerprint density at radius 2 is 1.49 bits per heavy atom. The second-order valence-corrected chi connectivity index (χ2v) is 8.21. The molecule has 0 spiro atoms. The molecule has 1 aromatic carbocycles. The van der Waals surface area contributed by atoms with Crippen molar-refractivity contribution in [2.45, 2.75) is 58.3 Å². The lowest BCUT2D eigenvalue weighted by atomic mass is 9.89. The van der Waals surface area contributed by atoms with Crippen molar-refractivity contribution in [1.82, 2.24) is 5.32 Å². The fourth-order valence-electron chi connectivity index (χ4n) is 3.66. The van der Waals surface area contributed by atoms with Crippen LogP contribution in [-0.4, -0.2) is 68.2 Å². The van der Waals surface area contributed by atoms with Crippen LogP contribution in [0.4, 0.5) is 0 Å². The zero-order valence-electron chi connectivity index (χ0n) is 20.8. The molecule has 0 atom stereocenters. The quantitative estimate of drug-likeness (QED) is 0.265. The first-order chi connectivity index (χ1) is 16.7. The standard InChI is InChI=1S/C25H35NO9/c1-5-31-21(28)24(4)34-16-18(17-35-24)12-11-15-25(22(29)32-6-2,23(30)33-7-3)26-20(27)19-13-9-8-10-14-19/h8-10,13-14,18H,5-7,11-12,15-17H2,1-4H3,(H,26,27)/t18-,24+. The summed E-state index contributed by atoms with van der Waals surface area (Å²) in [5, 5.41) is 2.58. The van der Waals surface area contributed by atoms with E-state index in [2.05, 4.69) is 5.32 Å². The van der Waals surface area contributed by atoms with Gasteiger partial charge >= 0.3 is 17.9 Å². The molecule has 0 radical (unpaired) electrons. The van der Waals surface area contributed by atoms with Crippen LogP contribution in [0, 0.1) is 5.92 Å². The van der Waals surface area contributed by atoms with Crippen LogP contribution in [0.1, 0.15) is 57.3 Å². The number of carbonyl (C=O) groups excluding carboxylic acids is 4. The highest BCUT2D eigenvalue weighted by Crippen LogP contribution is 2.28. The minimum Gasteiger partial charge on any atom is -0.464 e. The van der Waals surface area contributed by atoms with Gasteiger partial charge in [-0.05, 0) is 52.2 Å². The Balaban J connectivity index is 2.13. The molecule has 0 bridgehead atoms. The average molecular weight is 494 g/mol. The van der Waals surface area contributed by atoms with Crippen LogP contribution >= 0.6 is 0 Å². The number of benzene rings is 1. The Hall–Kier alpha value is -2.98.